The van der Waals surface area contributed by atoms with Gasteiger partial charge in [-0.1, -0.05) is 18.6 Å². The number of benzene rings is 1. The van der Waals surface area contributed by atoms with E-state index in [2.05, 4.69) is 12.2 Å². The summed E-state index contributed by atoms with van der Waals surface area (Å²) < 4.78 is 26.7. The van der Waals surface area contributed by atoms with Gasteiger partial charge in [0, 0.05) is 25.6 Å². The molecular formula is C22H32N2O3S. The van der Waals surface area contributed by atoms with Gasteiger partial charge in [-0.3, -0.25) is 4.79 Å². The molecule has 1 amide bonds. The number of carbonyl (C=O) groups is 1. The third kappa shape index (κ3) is 4.13. The van der Waals surface area contributed by atoms with Crippen LogP contribution in [0.5, 0.6) is 0 Å². The first-order valence-electron chi connectivity index (χ1n) is 10.8. The van der Waals surface area contributed by atoms with Crippen LogP contribution >= 0.6 is 0 Å². The first-order valence-corrected chi connectivity index (χ1v) is 12.3. The van der Waals surface area contributed by atoms with E-state index in [4.69, 9.17) is 0 Å². The summed E-state index contributed by atoms with van der Waals surface area (Å²) in [6.07, 6.45) is 8.31. The molecule has 0 spiro atoms. The van der Waals surface area contributed by atoms with Crippen LogP contribution < -0.4 is 5.32 Å². The molecule has 3 aliphatic rings. The van der Waals surface area contributed by atoms with E-state index in [0.29, 0.717) is 36.7 Å². The van der Waals surface area contributed by atoms with Gasteiger partial charge in [-0.2, -0.15) is 4.31 Å². The van der Waals surface area contributed by atoms with E-state index in [1.165, 1.54) is 25.7 Å². The van der Waals surface area contributed by atoms with Gasteiger partial charge in [0.2, 0.25) is 15.9 Å². The molecule has 1 saturated heterocycles. The lowest BCUT2D eigenvalue weighted by atomic mass is 9.84. The zero-order valence-corrected chi connectivity index (χ0v) is 17.6. The summed E-state index contributed by atoms with van der Waals surface area (Å²) in [5.74, 6) is 2.46. The number of fused-ring (bicyclic) bond motifs is 2. The summed E-state index contributed by atoms with van der Waals surface area (Å²) in [7, 11) is -3.36. The van der Waals surface area contributed by atoms with Gasteiger partial charge < -0.3 is 5.32 Å². The Morgan fingerprint density at radius 2 is 1.86 bits per heavy atom. The fourth-order valence-corrected chi connectivity index (χ4v) is 7.02. The van der Waals surface area contributed by atoms with Crippen LogP contribution in [0.15, 0.2) is 29.2 Å². The Bertz CT molecular complexity index is 800. The molecule has 2 bridgehead atoms. The highest BCUT2D eigenvalue weighted by Crippen LogP contribution is 2.49. The number of nitrogens with zero attached hydrogens (tertiary/aromatic N) is 1. The molecule has 2 saturated carbocycles. The average Bonchev–Trinajstić information content (AvgIpc) is 3.44. The van der Waals surface area contributed by atoms with Gasteiger partial charge in [-0.05, 0) is 80.9 Å². The fraction of sp³-hybridized carbons (Fsp3) is 0.682. The molecule has 2 aliphatic carbocycles. The Balaban J connectivity index is 1.27. The summed E-state index contributed by atoms with van der Waals surface area (Å²) in [6, 6.07) is 7.30. The van der Waals surface area contributed by atoms with Crippen LogP contribution in [-0.2, 0) is 21.2 Å². The van der Waals surface area contributed by atoms with E-state index in [1.807, 2.05) is 12.1 Å². The number of aryl methyl sites for hydroxylation is 1. The Morgan fingerprint density at radius 3 is 2.46 bits per heavy atom. The molecule has 1 aromatic rings. The molecule has 0 radical (unpaired) electrons. The summed E-state index contributed by atoms with van der Waals surface area (Å²) in [4.78, 5) is 12.7. The number of rotatable bonds is 7. The van der Waals surface area contributed by atoms with E-state index >= 15 is 0 Å². The van der Waals surface area contributed by atoms with Crippen LogP contribution in [0.1, 0.15) is 57.4 Å². The van der Waals surface area contributed by atoms with Gasteiger partial charge in [-0.15, -0.1) is 0 Å². The molecule has 1 heterocycles. The van der Waals surface area contributed by atoms with Crippen LogP contribution in [0.3, 0.4) is 0 Å². The Kier molecular flexibility index (Phi) is 5.79. The minimum absolute atomic E-state index is 0.101. The van der Waals surface area contributed by atoms with Crippen molar-refractivity contribution in [2.24, 2.45) is 17.8 Å². The minimum atomic E-state index is -3.36. The predicted octanol–water partition coefficient (Wildman–Crippen LogP) is 3.34. The van der Waals surface area contributed by atoms with Gasteiger partial charge in [0.15, 0.2) is 0 Å². The molecule has 154 valence electrons. The number of hydrogen-bond acceptors (Lipinski definition) is 3. The van der Waals surface area contributed by atoms with E-state index in [1.54, 1.807) is 16.4 Å². The molecule has 1 N–H and O–H groups in total. The molecule has 1 aromatic carbocycles. The van der Waals surface area contributed by atoms with Crippen LogP contribution in [-0.4, -0.2) is 37.8 Å². The molecule has 4 rings (SSSR count). The summed E-state index contributed by atoms with van der Waals surface area (Å²) in [6.45, 7) is 3.39. The molecule has 4 atom stereocenters. The zero-order valence-electron chi connectivity index (χ0n) is 16.8. The first-order chi connectivity index (χ1) is 13.4. The summed E-state index contributed by atoms with van der Waals surface area (Å²) in [5.41, 5.74) is 1.00. The highest BCUT2D eigenvalue weighted by Gasteiger charge is 2.42. The van der Waals surface area contributed by atoms with Crippen molar-refractivity contribution in [3.05, 3.63) is 29.8 Å². The van der Waals surface area contributed by atoms with Crippen molar-refractivity contribution in [1.82, 2.24) is 9.62 Å². The fourth-order valence-electron chi connectivity index (χ4n) is 5.50. The van der Waals surface area contributed by atoms with Crippen LogP contribution in [0.4, 0.5) is 0 Å². The number of hydrogen-bond donors (Lipinski definition) is 1. The zero-order chi connectivity index (χ0) is 19.7. The maximum absolute atomic E-state index is 12.6. The van der Waals surface area contributed by atoms with Gasteiger partial charge in [0.05, 0.1) is 4.90 Å². The standard InChI is InChI=1S/C22H32N2O3S/c1-16(21-15-18-4-8-19(21)14-18)23-22(25)11-7-17-5-9-20(10-6-17)28(26,27)24-12-2-3-13-24/h5-6,9-10,16,18-19,21H,2-4,7-8,11-15H2,1H3,(H,23,25)/t16-,18-,19-,21-/m0/s1. The summed E-state index contributed by atoms with van der Waals surface area (Å²) >= 11 is 0. The number of carbonyl (C=O) groups excluding carboxylic acids is 1. The minimum Gasteiger partial charge on any atom is -0.353 e. The topological polar surface area (TPSA) is 66.5 Å². The lowest BCUT2D eigenvalue weighted by Crippen LogP contribution is -2.40. The molecule has 1 aliphatic heterocycles. The maximum atomic E-state index is 12.6. The molecule has 5 nitrogen and oxygen atoms in total. The predicted molar refractivity (Wildman–Crippen MR) is 109 cm³/mol. The third-order valence-electron chi connectivity index (χ3n) is 7.09. The molecule has 0 unspecified atom stereocenters. The molecular weight excluding hydrogens is 372 g/mol. The van der Waals surface area contributed by atoms with E-state index in [-0.39, 0.29) is 11.9 Å². The lowest BCUT2D eigenvalue weighted by Gasteiger charge is -2.28. The van der Waals surface area contributed by atoms with Gasteiger partial charge >= 0.3 is 0 Å². The van der Waals surface area contributed by atoms with Crippen molar-refractivity contribution < 1.29 is 13.2 Å². The first kappa shape index (κ1) is 19.9. The van der Waals surface area contributed by atoms with Crippen molar-refractivity contribution in [3.8, 4) is 0 Å². The third-order valence-corrected chi connectivity index (χ3v) is 9.00. The normalized spacial score (nSPS) is 28.5. The van der Waals surface area contributed by atoms with Crippen molar-refractivity contribution in [2.45, 2.75) is 69.2 Å². The number of sulfonamides is 1. The molecule has 0 aromatic heterocycles. The largest absolute Gasteiger partial charge is 0.353 e. The molecule has 3 fully saturated rings. The van der Waals surface area contributed by atoms with Crippen LogP contribution in [0, 0.1) is 17.8 Å². The highest BCUT2D eigenvalue weighted by atomic mass is 32.2. The second-order valence-corrected chi connectivity index (χ2v) is 10.9. The lowest BCUT2D eigenvalue weighted by molar-refractivity contribution is -0.122. The van der Waals surface area contributed by atoms with E-state index in [0.717, 1.165) is 30.2 Å². The van der Waals surface area contributed by atoms with Crippen LogP contribution in [0.2, 0.25) is 0 Å². The van der Waals surface area contributed by atoms with Crippen molar-refractivity contribution in [1.29, 1.82) is 0 Å². The van der Waals surface area contributed by atoms with Crippen molar-refractivity contribution in [3.63, 3.8) is 0 Å². The number of amides is 1. The SMILES string of the molecule is C[C@H](NC(=O)CCc1ccc(S(=O)(=O)N2CCCC2)cc1)[C@@H]1C[C@H]2CC[C@H]1C2. The second kappa shape index (κ2) is 8.15. The quantitative estimate of drug-likeness (QED) is 0.758. The van der Waals surface area contributed by atoms with Gasteiger partial charge in [-0.25, -0.2) is 8.42 Å². The van der Waals surface area contributed by atoms with Gasteiger partial charge in [0.1, 0.15) is 0 Å². The number of nitrogens with one attached hydrogen (secondary N) is 1. The smallest absolute Gasteiger partial charge is 0.243 e. The van der Waals surface area contributed by atoms with Crippen molar-refractivity contribution in [2.75, 3.05) is 13.1 Å². The maximum Gasteiger partial charge on any atom is 0.243 e. The Labute approximate surface area is 168 Å². The van der Waals surface area contributed by atoms with E-state index < -0.39 is 10.0 Å². The summed E-state index contributed by atoms with van der Waals surface area (Å²) in [5, 5.41) is 3.21. The van der Waals surface area contributed by atoms with Gasteiger partial charge in [0.25, 0.3) is 0 Å². The Morgan fingerprint density at radius 1 is 1.14 bits per heavy atom. The van der Waals surface area contributed by atoms with Crippen molar-refractivity contribution >= 4 is 15.9 Å². The molecule has 6 heteroatoms. The Hall–Kier alpha value is -1.40. The highest BCUT2D eigenvalue weighted by molar-refractivity contribution is 7.89. The van der Waals surface area contributed by atoms with Crippen LogP contribution in [0.25, 0.3) is 0 Å². The second-order valence-electron chi connectivity index (χ2n) is 8.95. The average molecular weight is 405 g/mol. The monoisotopic (exact) mass is 404 g/mol. The molecule has 28 heavy (non-hydrogen) atoms. The van der Waals surface area contributed by atoms with E-state index in [9.17, 15) is 13.2 Å².